The molecule has 0 radical (unpaired) electrons. The first-order chi connectivity index (χ1) is 7.79. The van der Waals surface area contributed by atoms with Crippen LogP contribution in [-0.4, -0.2) is 17.5 Å². The van der Waals surface area contributed by atoms with Crippen LogP contribution in [0.4, 0.5) is 0 Å². The summed E-state index contributed by atoms with van der Waals surface area (Å²) in [5, 5.41) is 0. The van der Waals surface area contributed by atoms with Crippen molar-refractivity contribution in [3.63, 3.8) is 0 Å². The van der Waals surface area contributed by atoms with Gasteiger partial charge in [0, 0.05) is 6.04 Å². The molecule has 2 atom stereocenters. The van der Waals surface area contributed by atoms with E-state index in [-0.39, 0.29) is 0 Å². The Kier molecular flexibility index (Phi) is 4.30. The zero-order valence-corrected chi connectivity index (χ0v) is 10.8. The smallest absolute Gasteiger partial charge is 0.0116 e. The van der Waals surface area contributed by atoms with E-state index in [0.29, 0.717) is 6.04 Å². The lowest BCUT2D eigenvalue weighted by Crippen LogP contribution is -2.32. The molecule has 88 valence electrons. The fourth-order valence-corrected chi connectivity index (χ4v) is 3.59. The van der Waals surface area contributed by atoms with Crippen molar-refractivity contribution in [1.82, 2.24) is 0 Å². The minimum Gasteiger partial charge on any atom is -0.327 e. The highest BCUT2D eigenvalue weighted by atomic mass is 32.2. The largest absolute Gasteiger partial charge is 0.327 e. The molecule has 2 N–H and O–H groups in total. The first-order valence-electron chi connectivity index (χ1n) is 6.20. The molecule has 16 heavy (non-hydrogen) atoms. The highest BCUT2D eigenvalue weighted by molar-refractivity contribution is 7.99. The van der Waals surface area contributed by atoms with Crippen LogP contribution in [0, 0.1) is 5.92 Å². The zero-order valence-electron chi connectivity index (χ0n) is 9.99. The molecule has 2 heteroatoms. The summed E-state index contributed by atoms with van der Waals surface area (Å²) in [6.45, 7) is 2.19. The summed E-state index contributed by atoms with van der Waals surface area (Å²) in [4.78, 5) is 0. The van der Waals surface area contributed by atoms with Crippen LogP contribution in [0.25, 0.3) is 0 Å². The van der Waals surface area contributed by atoms with Gasteiger partial charge in [-0.15, -0.1) is 0 Å². The van der Waals surface area contributed by atoms with Gasteiger partial charge in [0.15, 0.2) is 0 Å². The SMILES string of the molecule is CCc1ccc(CC(N)C2CCSC2)cc1. The molecule has 0 saturated carbocycles. The molecule has 0 bridgehead atoms. The van der Waals surface area contributed by atoms with Crippen molar-refractivity contribution in [2.45, 2.75) is 32.2 Å². The van der Waals surface area contributed by atoms with E-state index in [1.807, 2.05) is 11.8 Å². The Labute approximate surface area is 103 Å². The molecule has 2 rings (SSSR count). The third-order valence-corrected chi connectivity index (χ3v) is 4.66. The van der Waals surface area contributed by atoms with Crippen molar-refractivity contribution < 1.29 is 0 Å². The Balaban J connectivity index is 1.92. The Morgan fingerprint density at radius 2 is 2.00 bits per heavy atom. The van der Waals surface area contributed by atoms with E-state index in [0.717, 1.165) is 18.8 Å². The predicted octanol–water partition coefficient (Wildman–Crippen LogP) is 2.87. The van der Waals surface area contributed by atoms with Crippen LogP contribution in [-0.2, 0) is 12.8 Å². The lowest BCUT2D eigenvalue weighted by molar-refractivity contribution is 0.463. The lowest BCUT2D eigenvalue weighted by atomic mass is 9.93. The molecule has 1 fully saturated rings. The van der Waals surface area contributed by atoms with E-state index < -0.39 is 0 Å². The number of hydrogen-bond donors (Lipinski definition) is 1. The van der Waals surface area contributed by atoms with Gasteiger partial charge in [0.25, 0.3) is 0 Å². The molecule has 1 aliphatic heterocycles. The molecule has 0 amide bonds. The molecule has 1 nitrogen and oxygen atoms in total. The van der Waals surface area contributed by atoms with Crippen molar-refractivity contribution in [2.24, 2.45) is 11.7 Å². The molecule has 0 aromatic heterocycles. The van der Waals surface area contributed by atoms with E-state index in [1.54, 1.807) is 0 Å². The van der Waals surface area contributed by atoms with Crippen LogP contribution in [0.3, 0.4) is 0 Å². The molecular weight excluding hydrogens is 214 g/mol. The summed E-state index contributed by atoms with van der Waals surface area (Å²) in [6.07, 6.45) is 3.46. The van der Waals surface area contributed by atoms with Gasteiger partial charge in [0.05, 0.1) is 0 Å². The maximum absolute atomic E-state index is 6.27. The summed E-state index contributed by atoms with van der Waals surface area (Å²) in [6, 6.07) is 9.28. The van der Waals surface area contributed by atoms with Crippen molar-refractivity contribution in [3.05, 3.63) is 35.4 Å². The Bertz CT molecular complexity index is 314. The van der Waals surface area contributed by atoms with Crippen LogP contribution in [0.15, 0.2) is 24.3 Å². The number of aryl methyl sites for hydroxylation is 1. The second kappa shape index (κ2) is 5.74. The summed E-state index contributed by atoms with van der Waals surface area (Å²) in [7, 11) is 0. The van der Waals surface area contributed by atoms with Gasteiger partial charge in [-0.1, -0.05) is 31.2 Å². The van der Waals surface area contributed by atoms with Crippen LogP contribution in [0.5, 0.6) is 0 Å². The van der Waals surface area contributed by atoms with Gasteiger partial charge >= 0.3 is 0 Å². The summed E-state index contributed by atoms with van der Waals surface area (Å²) >= 11 is 2.05. The first-order valence-corrected chi connectivity index (χ1v) is 7.36. The van der Waals surface area contributed by atoms with Crippen LogP contribution >= 0.6 is 11.8 Å². The molecule has 1 saturated heterocycles. The minimum atomic E-state index is 0.350. The van der Waals surface area contributed by atoms with Crippen LogP contribution in [0.2, 0.25) is 0 Å². The summed E-state index contributed by atoms with van der Waals surface area (Å²) in [5.74, 6) is 3.29. The molecule has 1 aliphatic rings. The molecule has 1 aromatic carbocycles. The monoisotopic (exact) mass is 235 g/mol. The van der Waals surface area contributed by atoms with Gasteiger partial charge in [-0.2, -0.15) is 11.8 Å². The van der Waals surface area contributed by atoms with E-state index in [4.69, 9.17) is 5.73 Å². The molecule has 0 spiro atoms. The first kappa shape index (κ1) is 12.0. The molecule has 2 unspecified atom stereocenters. The number of benzene rings is 1. The third kappa shape index (κ3) is 3.02. The Morgan fingerprint density at radius 1 is 1.31 bits per heavy atom. The van der Waals surface area contributed by atoms with Crippen molar-refractivity contribution in [1.29, 1.82) is 0 Å². The maximum atomic E-state index is 6.27. The highest BCUT2D eigenvalue weighted by Gasteiger charge is 2.22. The average Bonchev–Trinajstić information content (AvgIpc) is 2.83. The highest BCUT2D eigenvalue weighted by Crippen LogP contribution is 2.26. The van der Waals surface area contributed by atoms with Crippen molar-refractivity contribution >= 4 is 11.8 Å². The van der Waals surface area contributed by atoms with E-state index in [1.165, 1.54) is 29.1 Å². The maximum Gasteiger partial charge on any atom is 0.0116 e. The standard InChI is InChI=1S/C14H21NS/c1-2-11-3-5-12(6-4-11)9-14(15)13-7-8-16-10-13/h3-6,13-14H,2,7-10,15H2,1H3. The van der Waals surface area contributed by atoms with Gasteiger partial charge in [-0.3, -0.25) is 0 Å². The lowest BCUT2D eigenvalue weighted by Gasteiger charge is -2.18. The Morgan fingerprint density at radius 3 is 2.56 bits per heavy atom. The van der Waals surface area contributed by atoms with Crippen LogP contribution in [0.1, 0.15) is 24.5 Å². The average molecular weight is 235 g/mol. The number of rotatable bonds is 4. The molecular formula is C14H21NS. The Hall–Kier alpha value is -0.470. The van der Waals surface area contributed by atoms with Crippen molar-refractivity contribution in [2.75, 3.05) is 11.5 Å². The topological polar surface area (TPSA) is 26.0 Å². The van der Waals surface area contributed by atoms with E-state index >= 15 is 0 Å². The van der Waals surface area contributed by atoms with Crippen LogP contribution < -0.4 is 5.73 Å². The normalized spacial score (nSPS) is 22.2. The van der Waals surface area contributed by atoms with Crippen molar-refractivity contribution in [3.8, 4) is 0 Å². The fourth-order valence-electron chi connectivity index (χ4n) is 2.24. The minimum absolute atomic E-state index is 0.350. The van der Waals surface area contributed by atoms with Gasteiger partial charge < -0.3 is 5.73 Å². The number of thioether (sulfide) groups is 1. The molecule has 1 aromatic rings. The van der Waals surface area contributed by atoms with Gasteiger partial charge in [0.2, 0.25) is 0 Å². The number of hydrogen-bond acceptors (Lipinski definition) is 2. The van der Waals surface area contributed by atoms with E-state index in [9.17, 15) is 0 Å². The quantitative estimate of drug-likeness (QED) is 0.868. The molecule has 1 heterocycles. The predicted molar refractivity (Wildman–Crippen MR) is 72.9 cm³/mol. The second-order valence-corrected chi connectivity index (χ2v) is 5.81. The van der Waals surface area contributed by atoms with Gasteiger partial charge in [-0.05, 0) is 47.8 Å². The summed E-state index contributed by atoms with van der Waals surface area (Å²) < 4.78 is 0. The fraction of sp³-hybridized carbons (Fsp3) is 0.571. The summed E-state index contributed by atoms with van der Waals surface area (Å²) in [5.41, 5.74) is 9.07. The number of nitrogens with two attached hydrogens (primary N) is 1. The zero-order chi connectivity index (χ0) is 11.4. The van der Waals surface area contributed by atoms with E-state index in [2.05, 4.69) is 31.2 Å². The third-order valence-electron chi connectivity index (χ3n) is 3.47. The van der Waals surface area contributed by atoms with Gasteiger partial charge in [-0.25, -0.2) is 0 Å². The van der Waals surface area contributed by atoms with Gasteiger partial charge in [0.1, 0.15) is 0 Å². The molecule has 0 aliphatic carbocycles. The second-order valence-electron chi connectivity index (χ2n) is 4.66.